The van der Waals surface area contributed by atoms with E-state index in [0.29, 0.717) is 22.9 Å². The van der Waals surface area contributed by atoms with Gasteiger partial charge in [-0.05, 0) is 18.2 Å². The first-order valence-corrected chi connectivity index (χ1v) is 9.15. The summed E-state index contributed by atoms with van der Waals surface area (Å²) in [4.78, 5) is 24.5. The summed E-state index contributed by atoms with van der Waals surface area (Å²) in [5, 5.41) is 7.03. The van der Waals surface area contributed by atoms with Gasteiger partial charge in [0.05, 0.1) is 19.9 Å². The van der Waals surface area contributed by atoms with Gasteiger partial charge in [0.2, 0.25) is 5.91 Å². The number of benzene rings is 2. The molecule has 0 aliphatic carbocycles. The van der Waals surface area contributed by atoms with Gasteiger partial charge in [0, 0.05) is 40.0 Å². The second-order valence-electron chi connectivity index (χ2n) is 5.87. The molecular weight excluding hydrogens is 426 g/mol. The molecule has 0 radical (unpaired) electrons. The van der Waals surface area contributed by atoms with Gasteiger partial charge in [0.15, 0.2) is 0 Å². The van der Waals surface area contributed by atoms with E-state index >= 15 is 0 Å². The van der Waals surface area contributed by atoms with E-state index < -0.39 is 5.91 Å². The number of aromatic nitrogens is 2. The second-order valence-corrected chi connectivity index (χ2v) is 6.79. The summed E-state index contributed by atoms with van der Waals surface area (Å²) >= 11 is 3.38. The molecule has 8 heteroatoms. The maximum absolute atomic E-state index is 12.4. The van der Waals surface area contributed by atoms with Crippen LogP contribution in [0.15, 0.2) is 63.9 Å². The average Bonchev–Trinajstić information content (AvgIpc) is 2.70. The zero-order chi connectivity index (χ0) is 20.1. The molecule has 3 aromatic rings. The molecule has 0 bridgehead atoms. The smallest absolute Gasteiger partial charge is 0.267 e. The summed E-state index contributed by atoms with van der Waals surface area (Å²) in [5.74, 6) is 0.696. The van der Waals surface area contributed by atoms with E-state index in [1.165, 1.54) is 20.3 Å². The van der Waals surface area contributed by atoms with E-state index in [1.807, 2.05) is 24.3 Å². The van der Waals surface area contributed by atoms with Crippen LogP contribution in [0.2, 0.25) is 0 Å². The van der Waals surface area contributed by atoms with Crippen LogP contribution in [-0.4, -0.2) is 29.9 Å². The van der Waals surface area contributed by atoms with Gasteiger partial charge in [-0.15, -0.1) is 0 Å². The zero-order valence-corrected chi connectivity index (χ0v) is 16.9. The van der Waals surface area contributed by atoms with E-state index in [2.05, 4.69) is 26.3 Å². The van der Waals surface area contributed by atoms with Crippen molar-refractivity contribution >= 4 is 27.5 Å². The van der Waals surface area contributed by atoms with Crippen molar-refractivity contribution in [3.63, 3.8) is 0 Å². The number of methoxy groups -OCH3 is 2. The Kier molecular flexibility index (Phi) is 6.10. The molecule has 0 aliphatic heterocycles. The van der Waals surface area contributed by atoms with Crippen LogP contribution in [0, 0.1) is 0 Å². The highest BCUT2D eigenvalue weighted by Gasteiger charge is 2.10. The molecule has 1 heterocycles. The Morgan fingerprint density at radius 1 is 1.04 bits per heavy atom. The zero-order valence-electron chi connectivity index (χ0n) is 15.3. The van der Waals surface area contributed by atoms with Crippen molar-refractivity contribution < 1.29 is 14.3 Å². The molecule has 1 aromatic heterocycles. The molecule has 7 nitrogen and oxygen atoms in total. The minimum absolute atomic E-state index is 0.220. The molecule has 1 amide bonds. The van der Waals surface area contributed by atoms with Crippen molar-refractivity contribution in [2.24, 2.45) is 0 Å². The molecule has 0 spiro atoms. The number of hydrogen-bond donors (Lipinski definition) is 1. The Balaban J connectivity index is 1.79. The summed E-state index contributed by atoms with van der Waals surface area (Å²) in [5.41, 5.74) is 1.58. The molecule has 144 valence electrons. The molecule has 1 N–H and O–H groups in total. The number of carbonyl (C=O) groups is 1. The van der Waals surface area contributed by atoms with Crippen molar-refractivity contribution in [3.8, 4) is 22.8 Å². The molecule has 0 aliphatic rings. The van der Waals surface area contributed by atoms with Crippen molar-refractivity contribution in [3.05, 3.63) is 69.4 Å². The Labute approximate surface area is 170 Å². The van der Waals surface area contributed by atoms with Crippen LogP contribution < -0.4 is 20.3 Å². The Morgan fingerprint density at radius 2 is 1.68 bits per heavy atom. The summed E-state index contributed by atoms with van der Waals surface area (Å²) < 4.78 is 12.4. The van der Waals surface area contributed by atoms with Crippen molar-refractivity contribution in [1.29, 1.82) is 0 Å². The van der Waals surface area contributed by atoms with Gasteiger partial charge >= 0.3 is 0 Å². The van der Waals surface area contributed by atoms with Gasteiger partial charge in [-0.3, -0.25) is 9.59 Å². The minimum Gasteiger partial charge on any atom is -0.497 e. The van der Waals surface area contributed by atoms with Crippen molar-refractivity contribution in [2.45, 2.75) is 6.54 Å². The first kappa shape index (κ1) is 19.6. The standard InChI is InChI=1S/C20H18BrN3O4/c1-27-16-9-15(10-17(11-16)28-2)22-19(25)12-24-20(26)8-7-18(23-24)13-3-5-14(21)6-4-13/h3-11H,12H2,1-2H3,(H,22,25). The van der Waals surface area contributed by atoms with E-state index in [1.54, 1.807) is 24.3 Å². The normalized spacial score (nSPS) is 10.4. The number of ether oxygens (including phenoxy) is 2. The highest BCUT2D eigenvalue weighted by atomic mass is 79.9. The second kappa shape index (κ2) is 8.71. The number of anilines is 1. The fourth-order valence-corrected chi connectivity index (χ4v) is 2.82. The number of rotatable bonds is 6. The van der Waals surface area contributed by atoms with Crippen LogP contribution in [0.5, 0.6) is 11.5 Å². The lowest BCUT2D eigenvalue weighted by atomic mass is 10.1. The fraction of sp³-hybridized carbons (Fsp3) is 0.150. The quantitative estimate of drug-likeness (QED) is 0.631. The molecule has 0 atom stereocenters. The van der Waals surface area contributed by atoms with E-state index in [-0.39, 0.29) is 12.1 Å². The lowest BCUT2D eigenvalue weighted by Gasteiger charge is -2.11. The summed E-state index contributed by atoms with van der Waals surface area (Å²) in [6.45, 7) is -0.220. The minimum atomic E-state index is -0.391. The highest BCUT2D eigenvalue weighted by Crippen LogP contribution is 2.25. The predicted octanol–water partition coefficient (Wildman–Crippen LogP) is 3.33. The fourth-order valence-electron chi connectivity index (χ4n) is 2.55. The molecule has 28 heavy (non-hydrogen) atoms. The maximum Gasteiger partial charge on any atom is 0.267 e. The van der Waals surface area contributed by atoms with Crippen LogP contribution in [0.25, 0.3) is 11.3 Å². The van der Waals surface area contributed by atoms with Gasteiger partial charge in [0.1, 0.15) is 18.0 Å². The van der Waals surface area contributed by atoms with Gasteiger partial charge in [-0.1, -0.05) is 28.1 Å². The monoisotopic (exact) mass is 443 g/mol. The first-order chi connectivity index (χ1) is 13.5. The van der Waals surface area contributed by atoms with Crippen LogP contribution in [0.1, 0.15) is 0 Å². The number of nitrogens with one attached hydrogen (secondary N) is 1. The Morgan fingerprint density at radius 3 is 2.29 bits per heavy atom. The van der Waals surface area contributed by atoms with E-state index in [9.17, 15) is 9.59 Å². The third kappa shape index (κ3) is 4.77. The van der Waals surface area contributed by atoms with Crippen LogP contribution in [0.3, 0.4) is 0 Å². The van der Waals surface area contributed by atoms with Crippen LogP contribution in [0.4, 0.5) is 5.69 Å². The lowest BCUT2D eigenvalue weighted by Crippen LogP contribution is -2.29. The van der Waals surface area contributed by atoms with E-state index in [4.69, 9.17) is 9.47 Å². The molecular formula is C20H18BrN3O4. The summed E-state index contributed by atoms with van der Waals surface area (Å²) in [7, 11) is 3.05. The predicted molar refractivity (Wildman–Crippen MR) is 110 cm³/mol. The van der Waals surface area contributed by atoms with Gasteiger partial charge in [-0.2, -0.15) is 5.10 Å². The van der Waals surface area contributed by atoms with Crippen LogP contribution in [-0.2, 0) is 11.3 Å². The summed E-state index contributed by atoms with van der Waals surface area (Å²) in [6.07, 6.45) is 0. The number of hydrogen-bond acceptors (Lipinski definition) is 5. The maximum atomic E-state index is 12.4. The third-order valence-corrected chi connectivity index (χ3v) is 4.46. The van der Waals surface area contributed by atoms with E-state index in [0.717, 1.165) is 14.7 Å². The molecule has 0 unspecified atom stereocenters. The number of carbonyl (C=O) groups excluding carboxylic acids is 1. The SMILES string of the molecule is COc1cc(NC(=O)Cn2nc(-c3ccc(Br)cc3)ccc2=O)cc(OC)c1. The number of halogens is 1. The molecule has 2 aromatic carbocycles. The molecule has 0 fully saturated rings. The van der Waals surface area contributed by atoms with Crippen molar-refractivity contribution in [1.82, 2.24) is 9.78 Å². The average molecular weight is 444 g/mol. The number of amides is 1. The van der Waals surface area contributed by atoms with Crippen LogP contribution >= 0.6 is 15.9 Å². The molecule has 3 rings (SSSR count). The first-order valence-electron chi connectivity index (χ1n) is 8.35. The Bertz CT molecular complexity index is 1030. The topological polar surface area (TPSA) is 82.5 Å². The van der Waals surface area contributed by atoms with Gasteiger partial charge < -0.3 is 14.8 Å². The highest BCUT2D eigenvalue weighted by molar-refractivity contribution is 9.10. The molecule has 0 saturated carbocycles. The van der Waals surface area contributed by atoms with Crippen molar-refractivity contribution in [2.75, 3.05) is 19.5 Å². The summed E-state index contributed by atoms with van der Waals surface area (Å²) in [6, 6.07) is 15.6. The van der Waals surface area contributed by atoms with Gasteiger partial charge in [-0.25, -0.2) is 4.68 Å². The third-order valence-electron chi connectivity index (χ3n) is 3.94. The lowest BCUT2D eigenvalue weighted by molar-refractivity contribution is -0.117. The largest absolute Gasteiger partial charge is 0.497 e. The molecule has 0 saturated heterocycles. The number of nitrogens with zero attached hydrogens (tertiary/aromatic N) is 2. The van der Waals surface area contributed by atoms with Gasteiger partial charge in [0.25, 0.3) is 5.56 Å². The Hall–Kier alpha value is -3.13.